The number of benzene rings is 1. The van der Waals surface area contributed by atoms with Crippen LogP contribution in [0.2, 0.25) is 0 Å². The highest BCUT2D eigenvalue weighted by Crippen LogP contribution is 2.26. The molecule has 0 saturated heterocycles. The van der Waals surface area contributed by atoms with Crippen LogP contribution in [-0.4, -0.2) is 42.5 Å². The van der Waals surface area contributed by atoms with Crippen LogP contribution >= 0.6 is 0 Å². The maximum absolute atomic E-state index is 12.7. The molecule has 162 valence electrons. The minimum atomic E-state index is -3.80. The lowest BCUT2D eigenvalue weighted by molar-refractivity contribution is 0.570. The normalized spacial score (nSPS) is 13.4. The molecule has 0 heterocycles. The Morgan fingerprint density at radius 3 is 1.14 bits per heavy atom. The van der Waals surface area contributed by atoms with E-state index in [4.69, 9.17) is 0 Å². The van der Waals surface area contributed by atoms with Gasteiger partial charge in [-0.05, 0) is 49.3 Å². The quantitative estimate of drug-likeness (QED) is 0.509. The van der Waals surface area contributed by atoms with E-state index in [1.807, 2.05) is 27.7 Å². The Morgan fingerprint density at radius 1 is 0.607 bits per heavy atom. The summed E-state index contributed by atoms with van der Waals surface area (Å²) in [6, 6.07) is 3.31. The molecule has 0 atom stereocenters. The van der Waals surface area contributed by atoms with E-state index in [-0.39, 0.29) is 43.8 Å². The predicted octanol–water partition coefficient (Wildman–Crippen LogP) is 3.51. The number of hydrogen-bond acceptors (Lipinski definition) is 6. The molecule has 6 nitrogen and oxygen atoms in total. The standard InChI is InChI=1S/C19H32O6S3/c1-6-9-26(20,21)17-12-18(27(22,23)10-7-15(2)3)14-19(13-17)28(24,25)11-8-16(4)5/h12-16H,6-11H2,1-5H3. The zero-order valence-corrected chi connectivity index (χ0v) is 19.8. The lowest BCUT2D eigenvalue weighted by atomic mass is 10.2. The molecule has 1 aromatic rings. The number of hydrogen-bond donors (Lipinski definition) is 0. The molecule has 0 aliphatic heterocycles. The molecule has 0 fully saturated rings. The van der Waals surface area contributed by atoms with Crippen molar-refractivity contribution in [2.24, 2.45) is 11.8 Å². The molecule has 0 N–H and O–H groups in total. The minimum Gasteiger partial charge on any atom is -0.224 e. The summed E-state index contributed by atoms with van der Waals surface area (Å²) in [7, 11) is -11.4. The fourth-order valence-electron chi connectivity index (χ4n) is 2.49. The van der Waals surface area contributed by atoms with E-state index < -0.39 is 29.5 Å². The van der Waals surface area contributed by atoms with Gasteiger partial charge in [-0.1, -0.05) is 34.6 Å². The number of sulfone groups is 3. The van der Waals surface area contributed by atoms with E-state index in [2.05, 4.69) is 0 Å². The molecule has 0 aliphatic rings. The average molecular weight is 453 g/mol. The molecular formula is C19H32O6S3. The van der Waals surface area contributed by atoms with Gasteiger partial charge in [0.2, 0.25) is 0 Å². The van der Waals surface area contributed by atoms with Crippen molar-refractivity contribution in [2.75, 3.05) is 17.3 Å². The van der Waals surface area contributed by atoms with Gasteiger partial charge in [0.1, 0.15) is 0 Å². The molecule has 28 heavy (non-hydrogen) atoms. The number of rotatable bonds is 11. The second kappa shape index (κ2) is 9.71. The lowest BCUT2D eigenvalue weighted by Gasteiger charge is -2.13. The summed E-state index contributed by atoms with van der Waals surface area (Å²) in [5.41, 5.74) is 0. The van der Waals surface area contributed by atoms with Crippen molar-refractivity contribution in [1.82, 2.24) is 0 Å². The van der Waals surface area contributed by atoms with Crippen LogP contribution in [0, 0.1) is 11.8 Å². The fourth-order valence-corrected chi connectivity index (χ4v) is 7.36. The highest BCUT2D eigenvalue weighted by molar-refractivity contribution is 7.93. The second-order valence-electron chi connectivity index (χ2n) is 7.96. The molecular weight excluding hydrogens is 420 g/mol. The van der Waals surface area contributed by atoms with Crippen LogP contribution in [0.1, 0.15) is 53.9 Å². The molecule has 1 rings (SSSR count). The van der Waals surface area contributed by atoms with Gasteiger partial charge in [0.15, 0.2) is 29.5 Å². The molecule has 0 aromatic heterocycles. The van der Waals surface area contributed by atoms with Crippen LogP contribution in [0.5, 0.6) is 0 Å². The molecule has 0 radical (unpaired) electrons. The van der Waals surface area contributed by atoms with E-state index >= 15 is 0 Å². The van der Waals surface area contributed by atoms with Crippen LogP contribution in [0.25, 0.3) is 0 Å². The predicted molar refractivity (Wildman–Crippen MR) is 112 cm³/mol. The fraction of sp³-hybridized carbons (Fsp3) is 0.684. The van der Waals surface area contributed by atoms with Crippen LogP contribution in [0.4, 0.5) is 0 Å². The first kappa shape index (κ1) is 25.1. The maximum atomic E-state index is 12.7. The summed E-state index contributed by atoms with van der Waals surface area (Å²) in [4.78, 5) is -0.731. The first-order chi connectivity index (χ1) is 12.7. The van der Waals surface area contributed by atoms with E-state index in [1.54, 1.807) is 6.92 Å². The zero-order valence-electron chi connectivity index (χ0n) is 17.3. The third-order valence-electron chi connectivity index (χ3n) is 4.33. The smallest absolute Gasteiger partial charge is 0.178 e. The van der Waals surface area contributed by atoms with Gasteiger partial charge >= 0.3 is 0 Å². The molecule has 0 unspecified atom stereocenters. The monoisotopic (exact) mass is 452 g/mol. The van der Waals surface area contributed by atoms with Crippen LogP contribution in [0.15, 0.2) is 32.9 Å². The Morgan fingerprint density at radius 2 is 0.893 bits per heavy atom. The van der Waals surface area contributed by atoms with E-state index in [1.165, 1.54) is 0 Å². The first-order valence-electron chi connectivity index (χ1n) is 9.54. The van der Waals surface area contributed by atoms with Crippen LogP contribution in [-0.2, 0) is 29.5 Å². The van der Waals surface area contributed by atoms with Gasteiger partial charge in [-0.3, -0.25) is 0 Å². The molecule has 0 bridgehead atoms. The van der Waals surface area contributed by atoms with Gasteiger partial charge in [0, 0.05) is 0 Å². The minimum absolute atomic E-state index is 0.149. The largest absolute Gasteiger partial charge is 0.224 e. The van der Waals surface area contributed by atoms with E-state index in [0.717, 1.165) is 18.2 Å². The zero-order chi connectivity index (χ0) is 21.8. The summed E-state index contributed by atoms with van der Waals surface area (Å²) >= 11 is 0. The second-order valence-corrected chi connectivity index (χ2v) is 14.3. The van der Waals surface area contributed by atoms with Crippen molar-refractivity contribution in [1.29, 1.82) is 0 Å². The summed E-state index contributed by atoms with van der Waals surface area (Å²) < 4.78 is 76.0. The van der Waals surface area contributed by atoms with Crippen molar-refractivity contribution in [2.45, 2.75) is 68.6 Å². The average Bonchev–Trinajstić information content (AvgIpc) is 2.58. The van der Waals surface area contributed by atoms with Crippen LogP contribution in [0.3, 0.4) is 0 Å². The molecule has 0 spiro atoms. The summed E-state index contributed by atoms with van der Waals surface area (Å²) in [6.07, 6.45) is 1.16. The Hall–Kier alpha value is -0.930. The lowest BCUT2D eigenvalue weighted by Crippen LogP contribution is -2.15. The van der Waals surface area contributed by atoms with Crippen LogP contribution < -0.4 is 0 Å². The van der Waals surface area contributed by atoms with Gasteiger partial charge in [-0.15, -0.1) is 0 Å². The molecule has 0 saturated carbocycles. The Labute approximate surface area is 170 Å². The van der Waals surface area contributed by atoms with Gasteiger partial charge in [-0.25, -0.2) is 25.3 Å². The summed E-state index contributed by atoms with van der Waals surface area (Å²) in [5.74, 6) is -0.193. The Bertz CT molecular complexity index is 912. The maximum Gasteiger partial charge on any atom is 0.178 e. The Balaban J connectivity index is 3.57. The summed E-state index contributed by atoms with van der Waals surface area (Å²) in [5, 5.41) is 0. The van der Waals surface area contributed by atoms with Gasteiger partial charge in [0.25, 0.3) is 0 Å². The molecule has 0 aliphatic carbocycles. The van der Waals surface area contributed by atoms with E-state index in [9.17, 15) is 25.3 Å². The van der Waals surface area contributed by atoms with Crippen molar-refractivity contribution >= 4 is 29.5 Å². The Kier molecular flexibility index (Phi) is 8.71. The van der Waals surface area contributed by atoms with Gasteiger partial charge < -0.3 is 0 Å². The third-order valence-corrected chi connectivity index (χ3v) is 9.69. The van der Waals surface area contributed by atoms with Gasteiger partial charge in [-0.2, -0.15) is 0 Å². The topological polar surface area (TPSA) is 102 Å². The highest BCUT2D eigenvalue weighted by Gasteiger charge is 2.25. The van der Waals surface area contributed by atoms with E-state index in [0.29, 0.717) is 19.3 Å². The molecule has 0 amide bonds. The van der Waals surface area contributed by atoms with Gasteiger partial charge in [0.05, 0.1) is 31.9 Å². The van der Waals surface area contributed by atoms with Crippen molar-refractivity contribution in [3.63, 3.8) is 0 Å². The van der Waals surface area contributed by atoms with Crippen molar-refractivity contribution < 1.29 is 25.3 Å². The SMILES string of the molecule is CCCS(=O)(=O)c1cc(S(=O)(=O)CCC(C)C)cc(S(=O)(=O)CCC(C)C)c1. The van der Waals surface area contributed by atoms with Crippen molar-refractivity contribution in [3.05, 3.63) is 18.2 Å². The molecule has 9 heteroatoms. The van der Waals surface area contributed by atoms with Crippen molar-refractivity contribution in [3.8, 4) is 0 Å². The first-order valence-corrected chi connectivity index (χ1v) is 14.5. The third kappa shape index (κ3) is 7.15. The highest BCUT2D eigenvalue weighted by atomic mass is 32.2. The summed E-state index contributed by atoms with van der Waals surface area (Å²) in [6.45, 7) is 9.25. The molecule has 1 aromatic carbocycles.